The van der Waals surface area contributed by atoms with Crippen molar-refractivity contribution in [2.24, 2.45) is 0 Å². The summed E-state index contributed by atoms with van der Waals surface area (Å²) in [7, 11) is 0. The van der Waals surface area contributed by atoms with Crippen molar-refractivity contribution in [1.29, 1.82) is 0 Å². The van der Waals surface area contributed by atoms with Crippen LogP contribution in [0.5, 0.6) is 0 Å². The summed E-state index contributed by atoms with van der Waals surface area (Å²) in [5.74, 6) is 0. The summed E-state index contributed by atoms with van der Waals surface area (Å²) in [6, 6.07) is 0. The van der Waals surface area contributed by atoms with Crippen LogP contribution >= 0.6 is 0 Å². The second kappa shape index (κ2) is 1.95. The Morgan fingerprint density at radius 2 is 1.50 bits per heavy atom. The van der Waals surface area contributed by atoms with Gasteiger partial charge in [0.2, 0.25) is 0 Å². The monoisotopic (exact) mass is 204 g/mol. The molecule has 0 atom stereocenters. The SMILES string of the molecule is [CH2]=[SnH][C](F)(F)F. The Bertz CT molecular complexity index is 54.3. The van der Waals surface area contributed by atoms with Crippen LogP contribution in [0.1, 0.15) is 0 Å². The van der Waals surface area contributed by atoms with Gasteiger partial charge < -0.3 is 0 Å². The van der Waals surface area contributed by atoms with E-state index in [0.29, 0.717) is 0 Å². The van der Waals surface area contributed by atoms with E-state index in [9.17, 15) is 13.2 Å². The molecule has 4 heteroatoms. The number of halogens is 3. The number of hydrogen-bond acceptors (Lipinski definition) is 0. The number of alkyl halides is 3. The molecule has 0 rings (SSSR count). The Labute approximate surface area is 43.1 Å². The molecule has 0 fully saturated rings. The second-order valence-corrected chi connectivity index (χ2v) is 3.78. The van der Waals surface area contributed by atoms with Gasteiger partial charge in [-0.15, -0.1) is 0 Å². The van der Waals surface area contributed by atoms with E-state index in [1.165, 1.54) is 0 Å². The molecule has 0 amide bonds. The first kappa shape index (κ1) is 6.46. The van der Waals surface area contributed by atoms with Crippen LogP contribution in [-0.2, 0) is 0 Å². The van der Waals surface area contributed by atoms with Crippen molar-refractivity contribution in [2.45, 2.75) is 4.19 Å². The van der Waals surface area contributed by atoms with Gasteiger partial charge in [0.15, 0.2) is 0 Å². The fraction of sp³-hybridized carbons (Fsp3) is 0.500. The maximum atomic E-state index is 10.8. The molecule has 0 nitrogen and oxygen atoms in total. The Morgan fingerprint density at radius 1 is 1.33 bits per heavy atom. The Hall–Kier alpha value is 0.459. The van der Waals surface area contributed by atoms with Gasteiger partial charge in [-0.2, -0.15) is 0 Å². The van der Waals surface area contributed by atoms with Crippen molar-refractivity contribution < 1.29 is 13.2 Å². The Morgan fingerprint density at radius 3 is 1.50 bits per heavy atom. The first-order valence-electron chi connectivity index (χ1n) is 1.26. The maximum absolute atomic E-state index is 10.8. The van der Waals surface area contributed by atoms with Crippen LogP contribution in [0.25, 0.3) is 0 Å². The summed E-state index contributed by atoms with van der Waals surface area (Å²) in [6.45, 7) is 0. The summed E-state index contributed by atoms with van der Waals surface area (Å²) in [6.07, 6.45) is 0. The summed E-state index contributed by atoms with van der Waals surface area (Å²) >= 11 is -2.37. The standard InChI is InChI=1S/CF3.CH2.Sn.H/c2-1(3)4;;;/h;1H2;;. The zero-order valence-corrected chi connectivity index (χ0v) is 6.21. The molecule has 0 heterocycles. The van der Waals surface area contributed by atoms with Crippen LogP contribution in [0.2, 0.25) is 0 Å². The molecule has 0 saturated carbocycles. The molecule has 0 unspecified atom stereocenters. The van der Waals surface area contributed by atoms with E-state index < -0.39 is 24.9 Å². The van der Waals surface area contributed by atoms with Crippen molar-refractivity contribution in [3.63, 3.8) is 0 Å². The third-order valence-electron chi connectivity index (χ3n) is 0.231. The van der Waals surface area contributed by atoms with E-state index in [1.54, 1.807) is 0 Å². The fourth-order valence-electron chi connectivity index (χ4n) is 0. The van der Waals surface area contributed by atoms with Gasteiger partial charge in [-0.25, -0.2) is 0 Å². The van der Waals surface area contributed by atoms with E-state index in [-0.39, 0.29) is 0 Å². The third-order valence-corrected chi connectivity index (χ3v) is 1.55. The summed E-state index contributed by atoms with van der Waals surface area (Å²) in [5, 5.41) is 0. The summed E-state index contributed by atoms with van der Waals surface area (Å²) in [4.78, 5) is 0. The van der Waals surface area contributed by atoms with Gasteiger partial charge in [0.1, 0.15) is 0 Å². The summed E-state index contributed by atoms with van der Waals surface area (Å²) in [5.41, 5.74) is 0. The molecule has 0 aliphatic carbocycles. The van der Waals surface area contributed by atoms with E-state index in [0.717, 1.165) is 0 Å². The first-order valence-corrected chi connectivity index (χ1v) is 5.24. The van der Waals surface area contributed by atoms with E-state index >= 15 is 0 Å². The molecule has 0 aromatic rings. The fourth-order valence-corrected chi connectivity index (χ4v) is 0. The topological polar surface area (TPSA) is 0 Å². The molecular formula is C2H3F3Sn. The molecule has 0 aromatic carbocycles. The van der Waals surface area contributed by atoms with Crippen molar-refractivity contribution in [2.75, 3.05) is 0 Å². The zero-order valence-electron chi connectivity index (χ0n) is 2.92. The van der Waals surface area contributed by atoms with Gasteiger partial charge in [0.25, 0.3) is 0 Å². The van der Waals surface area contributed by atoms with Crippen LogP contribution in [0.3, 0.4) is 0 Å². The second-order valence-electron chi connectivity index (χ2n) is 0.746. The van der Waals surface area contributed by atoms with E-state index in [4.69, 9.17) is 0 Å². The molecule has 0 aromatic heterocycles. The van der Waals surface area contributed by atoms with Crippen molar-refractivity contribution in [1.82, 2.24) is 0 Å². The van der Waals surface area contributed by atoms with Gasteiger partial charge in [-0.3, -0.25) is 0 Å². The molecule has 0 N–H and O–H groups in total. The van der Waals surface area contributed by atoms with Gasteiger partial charge in [0, 0.05) is 0 Å². The van der Waals surface area contributed by atoms with Gasteiger partial charge >= 0.3 is 42.6 Å². The predicted octanol–water partition coefficient (Wildman–Crippen LogP) is 0.375. The Balaban J connectivity index is 3.45. The van der Waals surface area contributed by atoms with Crippen LogP contribution in [-0.4, -0.2) is 29.4 Å². The van der Waals surface area contributed by atoms with Crippen LogP contribution in [0, 0.1) is 0 Å². The molecule has 0 aliphatic rings. The summed E-state index contributed by atoms with van der Waals surface area (Å²) < 4.78 is 31.4. The molecule has 6 heavy (non-hydrogen) atoms. The minimum absolute atomic E-state index is 2.37. The van der Waals surface area contributed by atoms with Crippen LogP contribution in [0.15, 0.2) is 0 Å². The third kappa shape index (κ3) is 4.46. The van der Waals surface area contributed by atoms with E-state index in [2.05, 4.69) is 4.52 Å². The van der Waals surface area contributed by atoms with Crippen LogP contribution < -0.4 is 0 Å². The van der Waals surface area contributed by atoms with E-state index in [1.807, 2.05) is 0 Å². The quantitative estimate of drug-likeness (QED) is 0.499. The van der Waals surface area contributed by atoms with Crippen molar-refractivity contribution in [3.05, 3.63) is 0 Å². The van der Waals surface area contributed by atoms with Crippen LogP contribution in [0.4, 0.5) is 13.2 Å². The molecule has 0 bridgehead atoms. The number of hydrogen-bond donors (Lipinski definition) is 0. The molecule has 36 valence electrons. The first-order chi connectivity index (χ1) is 2.56. The molecule has 0 radical (unpaired) electrons. The molecule has 0 saturated heterocycles. The van der Waals surface area contributed by atoms with Crippen molar-refractivity contribution >= 4 is 25.2 Å². The zero-order chi connectivity index (χ0) is 5.21. The molecular weight excluding hydrogens is 200 g/mol. The van der Waals surface area contributed by atoms with Gasteiger partial charge in [-0.1, -0.05) is 0 Å². The predicted molar refractivity (Wildman–Crippen MR) is 20.3 cm³/mol. The van der Waals surface area contributed by atoms with Gasteiger partial charge in [0.05, 0.1) is 0 Å². The average molecular weight is 203 g/mol. The molecule has 0 spiro atoms. The number of rotatable bonds is 0. The van der Waals surface area contributed by atoms with Gasteiger partial charge in [-0.05, 0) is 0 Å². The Kier molecular flexibility index (Phi) is 2.10. The van der Waals surface area contributed by atoms with Crippen molar-refractivity contribution in [3.8, 4) is 0 Å². The average Bonchev–Trinajstić information content (AvgIpc) is 1.35. The minimum atomic E-state index is -3.88. The normalized spacial score (nSPS) is 11.2. The molecule has 0 aliphatic heterocycles.